The molecule has 1 heterocycles. The molecule has 0 bridgehead atoms. The molecule has 5 nitrogen and oxygen atoms in total. The molecule has 21 heavy (non-hydrogen) atoms. The van der Waals surface area contributed by atoms with Crippen molar-refractivity contribution in [1.82, 2.24) is 10.3 Å². The van der Waals surface area contributed by atoms with Gasteiger partial charge in [0.2, 0.25) is 5.56 Å². The SMILES string of the molecule is CCC(CC)(CN)NC(=O)c1cc(=O)[nH]c2ccccc12. The number of carbonyl (C=O) groups is 1. The van der Waals surface area contributed by atoms with Crippen LogP contribution in [0.5, 0.6) is 0 Å². The second kappa shape index (κ2) is 6.10. The lowest BCUT2D eigenvalue weighted by atomic mass is 9.92. The Balaban J connectivity index is 2.47. The molecule has 0 aliphatic carbocycles. The summed E-state index contributed by atoms with van der Waals surface area (Å²) in [6.07, 6.45) is 1.49. The summed E-state index contributed by atoms with van der Waals surface area (Å²) < 4.78 is 0. The fourth-order valence-electron chi connectivity index (χ4n) is 2.47. The van der Waals surface area contributed by atoms with Crippen LogP contribution in [0.4, 0.5) is 0 Å². The Kier molecular flexibility index (Phi) is 4.43. The number of para-hydroxylation sites is 1. The molecule has 0 unspecified atom stereocenters. The number of rotatable bonds is 5. The van der Waals surface area contributed by atoms with Crippen LogP contribution in [0.15, 0.2) is 35.1 Å². The van der Waals surface area contributed by atoms with E-state index in [1.807, 2.05) is 32.0 Å². The minimum atomic E-state index is -0.430. The molecule has 4 N–H and O–H groups in total. The first-order valence-electron chi connectivity index (χ1n) is 7.20. The van der Waals surface area contributed by atoms with Crippen LogP contribution >= 0.6 is 0 Å². The number of nitrogens with one attached hydrogen (secondary N) is 2. The number of hydrogen-bond acceptors (Lipinski definition) is 3. The third kappa shape index (κ3) is 2.97. The molecular formula is C16H21N3O2. The molecule has 1 amide bonds. The first-order chi connectivity index (χ1) is 10.0. The molecule has 2 rings (SSSR count). The number of amides is 1. The molecule has 0 atom stereocenters. The molecule has 0 aliphatic rings. The van der Waals surface area contributed by atoms with E-state index in [1.54, 1.807) is 6.07 Å². The summed E-state index contributed by atoms with van der Waals surface area (Å²) in [6.45, 7) is 4.35. The number of H-pyrrole nitrogens is 1. The molecule has 0 aliphatic heterocycles. The average molecular weight is 287 g/mol. The maximum Gasteiger partial charge on any atom is 0.252 e. The van der Waals surface area contributed by atoms with Crippen LogP contribution < -0.4 is 16.6 Å². The zero-order chi connectivity index (χ0) is 15.5. The summed E-state index contributed by atoms with van der Waals surface area (Å²) in [5.74, 6) is -0.258. The van der Waals surface area contributed by atoms with Gasteiger partial charge in [-0.3, -0.25) is 9.59 Å². The van der Waals surface area contributed by atoms with Gasteiger partial charge in [-0.1, -0.05) is 32.0 Å². The second-order valence-corrected chi connectivity index (χ2v) is 5.24. The van der Waals surface area contributed by atoms with Crippen LogP contribution in [0, 0.1) is 0 Å². The maximum absolute atomic E-state index is 12.6. The molecule has 0 fully saturated rings. The van der Waals surface area contributed by atoms with E-state index in [0.717, 1.165) is 18.2 Å². The van der Waals surface area contributed by atoms with E-state index in [9.17, 15) is 9.59 Å². The smallest absolute Gasteiger partial charge is 0.252 e. The van der Waals surface area contributed by atoms with E-state index in [1.165, 1.54) is 6.07 Å². The Morgan fingerprint density at radius 3 is 2.57 bits per heavy atom. The molecule has 1 aromatic heterocycles. The predicted molar refractivity (Wildman–Crippen MR) is 84.4 cm³/mol. The number of carbonyl (C=O) groups excluding carboxylic acids is 1. The van der Waals surface area contributed by atoms with Crippen LogP contribution in [-0.4, -0.2) is 23.0 Å². The van der Waals surface area contributed by atoms with Gasteiger partial charge in [0.05, 0.1) is 11.1 Å². The zero-order valence-electron chi connectivity index (χ0n) is 12.4. The number of pyridine rings is 1. The topological polar surface area (TPSA) is 88.0 Å². The van der Waals surface area contributed by atoms with Crippen molar-refractivity contribution in [2.24, 2.45) is 5.73 Å². The number of benzene rings is 1. The molecule has 1 aromatic carbocycles. The molecule has 0 saturated carbocycles. The highest BCUT2D eigenvalue weighted by Crippen LogP contribution is 2.18. The molecule has 0 radical (unpaired) electrons. The Hall–Kier alpha value is -2.14. The third-order valence-corrected chi connectivity index (χ3v) is 4.12. The summed E-state index contributed by atoms with van der Waals surface area (Å²) >= 11 is 0. The van der Waals surface area contributed by atoms with Gasteiger partial charge in [-0.2, -0.15) is 0 Å². The summed E-state index contributed by atoms with van der Waals surface area (Å²) in [5, 5.41) is 3.73. The lowest BCUT2D eigenvalue weighted by Gasteiger charge is -2.31. The van der Waals surface area contributed by atoms with Crippen molar-refractivity contribution in [2.75, 3.05) is 6.54 Å². The molecule has 112 valence electrons. The summed E-state index contributed by atoms with van der Waals surface area (Å²) in [4.78, 5) is 27.0. The Morgan fingerprint density at radius 1 is 1.29 bits per heavy atom. The lowest BCUT2D eigenvalue weighted by molar-refractivity contribution is 0.0897. The van der Waals surface area contributed by atoms with Gasteiger partial charge in [-0.15, -0.1) is 0 Å². The standard InChI is InChI=1S/C16H21N3O2/c1-3-16(4-2,10-17)19-15(21)12-9-14(20)18-13-8-6-5-7-11(12)13/h5-9H,3-4,10,17H2,1-2H3,(H,18,20)(H,19,21). The minimum Gasteiger partial charge on any atom is -0.345 e. The van der Waals surface area contributed by atoms with Crippen molar-refractivity contribution < 1.29 is 4.79 Å². The number of hydrogen-bond donors (Lipinski definition) is 3. The van der Waals surface area contributed by atoms with Crippen molar-refractivity contribution in [1.29, 1.82) is 0 Å². The van der Waals surface area contributed by atoms with Crippen LogP contribution in [0.2, 0.25) is 0 Å². The van der Waals surface area contributed by atoms with E-state index in [4.69, 9.17) is 5.73 Å². The van der Waals surface area contributed by atoms with Crippen LogP contribution in [0.3, 0.4) is 0 Å². The van der Waals surface area contributed by atoms with Crippen molar-refractivity contribution >= 4 is 16.8 Å². The van der Waals surface area contributed by atoms with Crippen LogP contribution in [0.1, 0.15) is 37.0 Å². The van der Waals surface area contributed by atoms with Gasteiger partial charge in [0.15, 0.2) is 0 Å². The summed E-state index contributed by atoms with van der Waals surface area (Å²) in [7, 11) is 0. The van der Waals surface area contributed by atoms with Crippen molar-refractivity contribution in [3.8, 4) is 0 Å². The lowest BCUT2D eigenvalue weighted by Crippen LogP contribution is -2.53. The van der Waals surface area contributed by atoms with E-state index in [-0.39, 0.29) is 11.5 Å². The largest absolute Gasteiger partial charge is 0.345 e. The average Bonchev–Trinajstić information content (AvgIpc) is 2.51. The Bertz CT molecular complexity index is 694. The summed E-state index contributed by atoms with van der Waals surface area (Å²) in [5.41, 5.74) is 6.14. The maximum atomic E-state index is 12.6. The third-order valence-electron chi connectivity index (χ3n) is 4.12. The van der Waals surface area contributed by atoms with Gasteiger partial charge in [0.25, 0.3) is 5.91 Å². The van der Waals surface area contributed by atoms with Gasteiger partial charge in [0, 0.05) is 23.5 Å². The molecule has 5 heteroatoms. The highest BCUT2D eigenvalue weighted by atomic mass is 16.2. The number of fused-ring (bicyclic) bond motifs is 1. The summed E-state index contributed by atoms with van der Waals surface area (Å²) in [6, 6.07) is 8.60. The molecule has 0 spiro atoms. The van der Waals surface area contributed by atoms with Gasteiger partial charge < -0.3 is 16.0 Å². The molecule has 2 aromatic rings. The normalized spacial score (nSPS) is 11.6. The van der Waals surface area contributed by atoms with Crippen molar-refractivity contribution in [3.63, 3.8) is 0 Å². The van der Waals surface area contributed by atoms with Crippen molar-refractivity contribution in [2.45, 2.75) is 32.2 Å². The van der Waals surface area contributed by atoms with E-state index in [2.05, 4.69) is 10.3 Å². The number of aromatic nitrogens is 1. The van der Waals surface area contributed by atoms with Gasteiger partial charge >= 0.3 is 0 Å². The Labute approximate surface area is 123 Å². The van der Waals surface area contributed by atoms with Crippen LogP contribution in [-0.2, 0) is 0 Å². The molecular weight excluding hydrogens is 266 g/mol. The highest BCUT2D eigenvalue weighted by molar-refractivity contribution is 6.06. The van der Waals surface area contributed by atoms with Gasteiger partial charge in [0.1, 0.15) is 0 Å². The fourth-order valence-corrected chi connectivity index (χ4v) is 2.47. The van der Waals surface area contributed by atoms with Gasteiger partial charge in [-0.25, -0.2) is 0 Å². The van der Waals surface area contributed by atoms with E-state index in [0.29, 0.717) is 17.6 Å². The van der Waals surface area contributed by atoms with E-state index < -0.39 is 5.54 Å². The second-order valence-electron chi connectivity index (χ2n) is 5.24. The van der Waals surface area contributed by atoms with E-state index >= 15 is 0 Å². The van der Waals surface area contributed by atoms with Gasteiger partial charge in [-0.05, 0) is 18.9 Å². The zero-order valence-corrected chi connectivity index (χ0v) is 12.4. The highest BCUT2D eigenvalue weighted by Gasteiger charge is 2.27. The first-order valence-corrected chi connectivity index (χ1v) is 7.20. The number of aromatic amines is 1. The molecule has 0 saturated heterocycles. The predicted octanol–water partition coefficient (Wildman–Crippen LogP) is 1.78. The minimum absolute atomic E-state index is 0.258. The van der Waals surface area contributed by atoms with Crippen molar-refractivity contribution in [3.05, 3.63) is 46.2 Å². The monoisotopic (exact) mass is 287 g/mol. The van der Waals surface area contributed by atoms with Crippen LogP contribution in [0.25, 0.3) is 10.9 Å². The fraction of sp³-hybridized carbons (Fsp3) is 0.375. The number of nitrogens with two attached hydrogens (primary N) is 1. The first kappa shape index (κ1) is 15.3. The Morgan fingerprint density at radius 2 is 1.95 bits per heavy atom. The quantitative estimate of drug-likeness (QED) is 0.783.